The minimum Gasteiger partial charge on any atom is -0.493 e. The minimum absolute atomic E-state index is 0.0394. The zero-order chi connectivity index (χ0) is 31.0. The van der Waals surface area contributed by atoms with Gasteiger partial charge in [-0.3, -0.25) is 4.79 Å². The van der Waals surface area contributed by atoms with Crippen molar-refractivity contribution < 1.29 is 14.3 Å². The Hall–Kier alpha value is -4.49. The summed E-state index contributed by atoms with van der Waals surface area (Å²) in [7, 11) is 0. The van der Waals surface area contributed by atoms with Gasteiger partial charge in [-0.25, -0.2) is 4.98 Å². The summed E-state index contributed by atoms with van der Waals surface area (Å²) in [4.78, 5) is 27.2. The van der Waals surface area contributed by atoms with Crippen molar-refractivity contribution >= 4 is 23.4 Å². The lowest BCUT2D eigenvalue weighted by Crippen LogP contribution is -2.44. The molecular weight excluding hydrogens is 566 g/mol. The zero-order valence-corrected chi connectivity index (χ0v) is 25.9. The summed E-state index contributed by atoms with van der Waals surface area (Å²) >= 11 is 0. The van der Waals surface area contributed by atoms with Crippen LogP contribution in [0.2, 0.25) is 0 Å². The number of rotatable bonds is 12. The highest BCUT2D eigenvalue weighted by Crippen LogP contribution is 2.38. The Kier molecular flexibility index (Phi) is 7.88. The van der Waals surface area contributed by atoms with Crippen molar-refractivity contribution in [1.29, 1.82) is 0 Å². The van der Waals surface area contributed by atoms with Crippen molar-refractivity contribution in [2.45, 2.75) is 70.3 Å². The normalized spacial score (nSPS) is 19.9. The maximum atomic E-state index is 13.4. The van der Waals surface area contributed by atoms with Gasteiger partial charge < -0.3 is 24.6 Å². The number of nitrogens with one attached hydrogen (secondary N) is 1. The van der Waals surface area contributed by atoms with Gasteiger partial charge in [0.05, 0.1) is 25.9 Å². The number of amides is 1. The van der Waals surface area contributed by atoms with Crippen LogP contribution >= 0.6 is 0 Å². The molecule has 1 atom stereocenters. The van der Waals surface area contributed by atoms with Gasteiger partial charge in [-0.1, -0.05) is 24.3 Å². The van der Waals surface area contributed by atoms with Crippen molar-refractivity contribution in [2.24, 2.45) is 16.1 Å². The summed E-state index contributed by atoms with van der Waals surface area (Å²) in [5, 5.41) is 11.9. The van der Waals surface area contributed by atoms with E-state index in [2.05, 4.69) is 50.6 Å². The average Bonchev–Trinajstić information content (AvgIpc) is 4.00. The van der Waals surface area contributed by atoms with Crippen LogP contribution in [0.1, 0.15) is 62.0 Å². The smallest absolute Gasteiger partial charge is 0.273 e. The van der Waals surface area contributed by atoms with E-state index in [1.807, 2.05) is 43.0 Å². The molecule has 1 amide bonds. The molecule has 1 saturated heterocycles. The third-order valence-corrected chi connectivity index (χ3v) is 9.09. The molecule has 1 saturated carbocycles. The molecule has 1 unspecified atom stereocenters. The maximum absolute atomic E-state index is 13.4. The van der Waals surface area contributed by atoms with Gasteiger partial charge in [0.2, 0.25) is 5.95 Å². The quantitative estimate of drug-likeness (QED) is 0.245. The van der Waals surface area contributed by atoms with E-state index >= 15 is 0 Å². The van der Waals surface area contributed by atoms with Crippen molar-refractivity contribution in [2.75, 3.05) is 36.5 Å². The van der Waals surface area contributed by atoms with E-state index in [4.69, 9.17) is 25.9 Å². The van der Waals surface area contributed by atoms with Crippen LogP contribution in [0.4, 0.5) is 17.5 Å². The summed E-state index contributed by atoms with van der Waals surface area (Å²) < 4.78 is 12.0. The molecule has 1 aliphatic carbocycles. The Morgan fingerprint density at radius 1 is 1.07 bits per heavy atom. The molecule has 3 aromatic rings. The number of hydrogen-bond donors (Lipinski definition) is 1. The zero-order valence-electron chi connectivity index (χ0n) is 25.9. The highest BCUT2D eigenvalue weighted by Gasteiger charge is 2.39. The third kappa shape index (κ3) is 6.36. The molecule has 4 heterocycles. The first kappa shape index (κ1) is 29.2. The predicted molar refractivity (Wildman–Crippen MR) is 173 cm³/mol. The van der Waals surface area contributed by atoms with Gasteiger partial charge in [0.15, 0.2) is 5.66 Å². The van der Waals surface area contributed by atoms with Gasteiger partial charge in [-0.2, -0.15) is 15.2 Å². The van der Waals surface area contributed by atoms with Gasteiger partial charge >= 0.3 is 0 Å². The largest absolute Gasteiger partial charge is 0.493 e. The lowest BCUT2D eigenvalue weighted by Gasteiger charge is -2.33. The molecule has 2 fully saturated rings. The fraction of sp³-hybridized carbons (Fsp3) is 0.457. The molecule has 10 heteroatoms. The Balaban J connectivity index is 1.04. The molecule has 4 aliphatic rings. The Labute approximate surface area is 264 Å². The van der Waals surface area contributed by atoms with Crippen molar-refractivity contribution in [3.63, 3.8) is 0 Å². The first-order valence-corrected chi connectivity index (χ1v) is 16.0. The second kappa shape index (κ2) is 12.1. The second-order valence-electron chi connectivity index (χ2n) is 12.6. The molecule has 0 radical (unpaired) electrons. The topological polar surface area (TPSA) is 105 Å². The Morgan fingerprint density at radius 2 is 1.80 bits per heavy atom. The van der Waals surface area contributed by atoms with Gasteiger partial charge in [-0.05, 0) is 68.0 Å². The SMILES string of the molecule is C#CCCC1(CCOc2ccc(-c3ccc(Nc4nc(N5CCOC(C6CC6)C5)nc5c4CN(C(C)C)C5=O)cc3)cc2)N=N1. The van der Waals surface area contributed by atoms with Crippen LogP contribution in [0, 0.1) is 18.3 Å². The van der Waals surface area contributed by atoms with E-state index in [1.165, 1.54) is 12.8 Å². The predicted octanol–water partition coefficient (Wildman–Crippen LogP) is 6.21. The highest BCUT2D eigenvalue weighted by atomic mass is 16.5. The molecule has 3 aliphatic heterocycles. The number of morpholine rings is 1. The van der Waals surface area contributed by atoms with Gasteiger partial charge in [0, 0.05) is 49.6 Å². The van der Waals surface area contributed by atoms with Crippen molar-refractivity contribution in [3.05, 3.63) is 59.8 Å². The van der Waals surface area contributed by atoms with E-state index in [0.29, 0.717) is 56.1 Å². The van der Waals surface area contributed by atoms with Crippen LogP contribution < -0.4 is 15.0 Å². The van der Waals surface area contributed by atoms with E-state index in [0.717, 1.165) is 47.5 Å². The number of terminal acetylenes is 1. The fourth-order valence-electron chi connectivity index (χ4n) is 6.08. The van der Waals surface area contributed by atoms with Crippen LogP contribution in [-0.4, -0.2) is 64.9 Å². The van der Waals surface area contributed by atoms with Crippen LogP contribution in [0.3, 0.4) is 0 Å². The molecule has 45 heavy (non-hydrogen) atoms. The average molecular weight is 606 g/mol. The number of nitrogens with zero attached hydrogens (tertiary/aromatic N) is 6. The Morgan fingerprint density at radius 3 is 2.47 bits per heavy atom. The van der Waals surface area contributed by atoms with E-state index in [-0.39, 0.29) is 23.7 Å². The highest BCUT2D eigenvalue weighted by molar-refractivity contribution is 5.98. The molecule has 232 valence electrons. The molecule has 1 aromatic heterocycles. The van der Waals surface area contributed by atoms with Crippen molar-refractivity contribution in [3.8, 4) is 29.2 Å². The lowest BCUT2D eigenvalue weighted by atomic mass is 10.0. The molecular formula is C35H39N7O3. The molecule has 1 N–H and O–H groups in total. The van der Waals surface area contributed by atoms with Gasteiger partial charge in [0.1, 0.15) is 17.3 Å². The number of anilines is 3. The minimum atomic E-state index is -0.333. The molecule has 0 spiro atoms. The molecule has 10 nitrogen and oxygen atoms in total. The molecule has 2 aromatic carbocycles. The van der Waals surface area contributed by atoms with Gasteiger partial charge in [0.25, 0.3) is 5.91 Å². The fourth-order valence-corrected chi connectivity index (χ4v) is 6.08. The summed E-state index contributed by atoms with van der Waals surface area (Å²) in [6.07, 6.45) is 10.2. The molecule has 7 rings (SSSR count). The molecule has 0 bridgehead atoms. The standard InChI is InChI=1S/C35H39N7O3/c1-4-5-16-35(39-40-35)17-19-44-28-14-10-25(11-15-28)24-8-12-27(13-9-24)36-32-29-21-42(23(2)3)33(43)31(29)37-34(38-32)41-18-20-45-30(22-41)26-6-7-26/h1,8-15,23,26,30H,5-7,16-22H2,2-3H3,(H,36,37,38). The van der Waals surface area contributed by atoms with Crippen LogP contribution in [-0.2, 0) is 11.3 Å². The summed E-state index contributed by atoms with van der Waals surface area (Å²) in [6.45, 7) is 7.20. The number of carbonyl (C=O) groups excluding carboxylic acids is 1. The number of carbonyl (C=O) groups is 1. The second-order valence-corrected chi connectivity index (χ2v) is 12.6. The van der Waals surface area contributed by atoms with Crippen LogP contribution in [0.15, 0.2) is 58.8 Å². The van der Waals surface area contributed by atoms with Crippen LogP contribution in [0.25, 0.3) is 11.1 Å². The third-order valence-electron chi connectivity index (χ3n) is 9.09. The van der Waals surface area contributed by atoms with Gasteiger partial charge in [-0.15, -0.1) is 12.3 Å². The maximum Gasteiger partial charge on any atom is 0.273 e. The van der Waals surface area contributed by atoms with E-state index in [1.54, 1.807) is 0 Å². The number of hydrogen-bond acceptors (Lipinski definition) is 9. The monoisotopic (exact) mass is 605 g/mol. The summed E-state index contributed by atoms with van der Waals surface area (Å²) in [6, 6.07) is 16.4. The Bertz CT molecular complexity index is 1620. The summed E-state index contributed by atoms with van der Waals surface area (Å²) in [5.74, 6) is 5.32. The van der Waals surface area contributed by atoms with E-state index < -0.39 is 0 Å². The number of ether oxygens (including phenoxy) is 2. The number of fused-ring (bicyclic) bond motifs is 1. The van der Waals surface area contributed by atoms with Crippen LogP contribution in [0.5, 0.6) is 5.75 Å². The lowest BCUT2D eigenvalue weighted by molar-refractivity contribution is 0.0258. The number of benzene rings is 2. The van der Waals surface area contributed by atoms with Crippen molar-refractivity contribution in [1.82, 2.24) is 14.9 Å². The van der Waals surface area contributed by atoms with E-state index in [9.17, 15) is 4.79 Å². The number of aromatic nitrogens is 2. The first-order valence-electron chi connectivity index (χ1n) is 16.0. The summed E-state index contributed by atoms with van der Waals surface area (Å²) in [5.41, 5.74) is 4.08. The first-order chi connectivity index (χ1) is 21.9.